The Bertz CT molecular complexity index is 1050. The first kappa shape index (κ1) is 22.4. The molecule has 1 saturated heterocycles. The Labute approximate surface area is 192 Å². The van der Waals surface area contributed by atoms with Crippen molar-refractivity contribution in [3.8, 4) is 0 Å². The average molecular weight is 482 g/mol. The van der Waals surface area contributed by atoms with E-state index >= 15 is 0 Å². The van der Waals surface area contributed by atoms with Crippen molar-refractivity contribution in [1.29, 1.82) is 0 Å². The second-order valence-electron chi connectivity index (χ2n) is 8.83. The lowest BCUT2D eigenvalue weighted by atomic mass is 9.90. The topological polar surface area (TPSA) is 108 Å². The lowest BCUT2D eigenvalue weighted by molar-refractivity contribution is 0.00791. The van der Waals surface area contributed by atoms with Gasteiger partial charge in [-0.25, -0.2) is 18.4 Å². The van der Waals surface area contributed by atoms with E-state index in [1.807, 2.05) is 0 Å². The Morgan fingerprint density at radius 3 is 2.69 bits per heavy atom. The maximum atomic E-state index is 12.5. The molecule has 2 aromatic rings. The fourth-order valence-electron chi connectivity index (χ4n) is 5.20. The molecule has 4 heterocycles. The predicted octanol–water partition coefficient (Wildman–Crippen LogP) is 1.43. The van der Waals surface area contributed by atoms with E-state index in [1.165, 1.54) is 22.0 Å². The van der Waals surface area contributed by atoms with Crippen molar-refractivity contribution in [3.63, 3.8) is 0 Å². The number of aromatic nitrogens is 2. The summed E-state index contributed by atoms with van der Waals surface area (Å²) in [7, 11) is -3.47. The first-order chi connectivity index (χ1) is 15.5. The summed E-state index contributed by atoms with van der Waals surface area (Å²) in [6.07, 6.45) is 6.80. The number of nitrogens with one attached hydrogen (secondary N) is 1. The number of hydrogen-bond acceptors (Lipinski definition) is 9. The highest BCUT2D eigenvalue weighted by atomic mass is 32.2. The van der Waals surface area contributed by atoms with Crippen LogP contribution >= 0.6 is 11.3 Å². The highest BCUT2D eigenvalue weighted by Gasteiger charge is 2.31. The molecule has 2 fully saturated rings. The van der Waals surface area contributed by atoms with Gasteiger partial charge in [-0.2, -0.15) is 4.31 Å². The van der Waals surface area contributed by atoms with Gasteiger partial charge < -0.3 is 15.2 Å². The van der Waals surface area contributed by atoms with Crippen LogP contribution in [0.25, 0.3) is 10.2 Å². The van der Waals surface area contributed by atoms with E-state index in [-0.39, 0.29) is 12.4 Å². The predicted molar refractivity (Wildman–Crippen MR) is 124 cm³/mol. The summed E-state index contributed by atoms with van der Waals surface area (Å²) in [5, 5.41) is 13.8. The molecule has 1 aliphatic carbocycles. The Hall–Kier alpha value is -1.37. The zero-order valence-electron chi connectivity index (χ0n) is 18.2. The molecule has 5 rings (SSSR count). The molecule has 0 atom stereocenters. The molecule has 2 aliphatic heterocycles. The van der Waals surface area contributed by atoms with Crippen LogP contribution in [0.3, 0.4) is 0 Å². The standard InChI is InChI=1S/C21H31N5O4S2/c27-9-12-32(28,29)26-6-5-18-17(13-26)19-20(22-14-23-21(19)31-18)24-15-1-3-16(4-2-15)25-7-10-30-11-8-25/h14-16,27H,1-13H2,(H,22,23,24)/t15-,16-. The molecule has 0 bridgehead atoms. The van der Waals surface area contributed by atoms with Crippen molar-refractivity contribution >= 4 is 37.4 Å². The number of anilines is 1. The van der Waals surface area contributed by atoms with E-state index in [2.05, 4.69) is 20.2 Å². The minimum absolute atomic E-state index is 0.238. The summed E-state index contributed by atoms with van der Waals surface area (Å²) < 4.78 is 32.0. The molecule has 2 N–H and O–H groups in total. The SMILES string of the molecule is O=S(=O)(CCO)N1CCc2sc3ncnc(N[C@H]4CC[C@H](N5CCOCC5)CC4)c3c2C1. The first-order valence-corrected chi connectivity index (χ1v) is 13.9. The molecule has 11 heteroatoms. The van der Waals surface area contributed by atoms with Crippen LogP contribution in [-0.2, 0) is 27.7 Å². The quantitative estimate of drug-likeness (QED) is 0.638. The number of rotatable bonds is 6. The number of aliphatic hydroxyl groups is 1. The monoisotopic (exact) mass is 481 g/mol. The zero-order valence-corrected chi connectivity index (χ0v) is 19.8. The number of ether oxygens (including phenoxy) is 1. The largest absolute Gasteiger partial charge is 0.395 e. The van der Waals surface area contributed by atoms with Crippen LogP contribution in [0.1, 0.15) is 36.1 Å². The lowest BCUT2D eigenvalue weighted by Gasteiger charge is -2.39. The first-order valence-electron chi connectivity index (χ1n) is 11.5. The maximum absolute atomic E-state index is 12.5. The van der Waals surface area contributed by atoms with Crippen LogP contribution in [0.15, 0.2) is 6.33 Å². The van der Waals surface area contributed by atoms with Gasteiger partial charge in [0.15, 0.2) is 0 Å². The van der Waals surface area contributed by atoms with E-state index in [0.717, 1.165) is 60.7 Å². The highest BCUT2D eigenvalue weighted by molar-refractivity contribution is 7.89. The van der Waals surface area contributed by atoms with Crippen molar-refractivity contribution in [1.82, 2.24) is 19.2 Å². The number of nitrogens with zero attached hydrogens (tertiary/aromatic N) is 4. The Kier molecular flexibility index (Phi) is 6.64. The number of sulfonamides is 1. The van der Waals surface area contributed by atoms with Gasteiger partial charge in [0.05, 0.1) is 31.0 Å². The van der Waals surface area contributed by atoms with Crippen molar-refractivity contribution in [2.45, 2.75) is 50.7 Å². The highest BCUT2D eigenvalue weighted by Crippen LogP contribution is 2.38. The Morgan fingerprint density at radius 2 is 1.94 bits per heavy atom. The van der Waals surface area contributed by atoms with Crippen LogP contribution < -0.4 is 5.32 Å². The molecule has 0 unspecified atom stereocenters. The third-order valence-corrected chi connectivity index (χ3v) is 9.93. The maximum Gasteiger partial charge on any atom is 0.216 e. The van der Waals surface area contributed by atoms with E-state index in [9.17, 15) is 8.42 Å². The van der Waals surface area contributed by atoms with Crippen LogP contribution in [0.4, 0.5) is 5.82 Å². The van der Waals surface area contributed by atoms with Gasteiger partial charge in [-0.15, -0.1) is 11.3 Å². The van der Waals surface area contributed by atoms with Gasteiger partial charge in [-0.1, -0.05) is 0 Å². The van der Waals surface area contributed by atoms with E-state index in [0.29, 0.717) is 31.6 Å². The van der Waals surface area contributed by atoms with Crippen LogP contribution in [0.2, 0.25) is 0 Å². The van der Waals surface area contributed by atoms with Gasteiger partial charge >= 0.3 is 0 Å². The second kappa shape index (κ2) is 9.47. The number of fused-ring (bicyclic) bond motifs is 3. The van der Waals surface area contributed by atoms with Crippen LogP contribution in [0, 0.1) is 0 Å². The molecule has 0 radical (unpaired) electrons. The van der Waals surface area contributed by atoms with Gasteiger partial charge in [-0.3, -0.25) is 4.90 Å². The summed E-state index contributed by atoms with van der Waals surface area (Å²) in [5.41, 5.74) is 1.02. The third-order valence-electron chi connectivity index (χ3n) is 6.94. The normalized spacial score (nSPS) is 25.7. The van der Waals surface area contributed by atoms with E-state index in [4.69, 9.17) is 9.84 Å². The van der Waals surface area contributed by atoms with Crippen LogP contribution in [0.5, 0.6) is 0 Å². The Morgan fingerprint density at radius 1 is 1.16 bits per heavy atom. The van der Waals surface area contributed by atoms with Crippen molar-refractivity contribution in [2.24, 2.45) is 0 Å². The summed E-state index contributed by atoms with van der Waals surface area (Å²) >= 11 is 1.64. The smallest absolute Gasteiger partial charge is 0.216 e. The minimum atomic E-state index is -3.47. The number of aliphatic hydroxyl groups excluding tert-OH is 1. The van der Waals surface area contributed by atoms with Crippen molar-refractivity contribution in [2.75, 3.05) is 50.5 Å². The number of hydrogen-bond donors (Lipinski definition) is 2. The summed E-state index contributed by atoms with van der Waals surface area (Å²) in [6, 6.07) is 1.00. The summed E-state index contributed by atoms with van der Waals surface area (Å²) in [4.78, 5) is 13.7. The zero-order chi connectivity index (χ0) is 22.1. The van der Waals surface area contributed by atoms with Gasteiger partial charge in [0.1, 0.15) is 17.0 Å². The Balaban J connectivity index is 1.32. The second-order valence-corrected chi connectivity index (χ2v) is 12.0. The van der Waals surface area contributed by atoms with Crippen LogP contribution in [-0.4, -0.2) is 90.0 Å². The molecule has 1 saturated carbocycles. The van der Waals surface area contributed by atoms with Gasteiger partial charge in [0.2, 0.25) is 10.0 Å². The molecule has 2 aromatic heterocycles. The molecule has 0 amide bonds. The molecule has 0 aromatic carbocycles. The molecule has 176 valence electrons. The molecular formula is C21H31N5O4S2. The van der Waals surface area contributed by atoms with Crippen molar-refractivity contribution < 1.29 is 18.3 Å². The molecular weight excluding hydrogens is 450 g/mol. The van der Waals surface area contributed by atoms with Gasteiger partial charge in [-0.05, 0) is 37.7 Å². The van der Waals surface area contributed by atoms with Crippen molar-refractivity contribution in [3.05, 3.63) is 16.8 Å². The summed E-state index contributed by atoms with van der Waals surface area (Å²) in [6.45, 7) is 4.15. The average Bonchev–Trinajstić information content (AvgIpc) is 3.19. The number of morpholine rings is 1. The van der Waals surface area contributed by atoms with Gasteiger partial charge in [0, 0.05) is 43.1 Å². The third kappa shape index (κ3) is 4.51. The molecule has 9 nitrogen and oxygen atoms in total. The van der Waals surface area contributed by atoms with E-state index < -0.39 is 10.0 Å². The molecule has 3 aliphatic rings. The lowest BCUT2D eigenvalue weighted by Crippen LogP contribution is -2.46. The minimum Gasteiger partial charge on any atom is -0.395 e. The molecule has 32 heavy (non-hydrogen) atoms. The van der Waals surface area contributed by atoms with E-state index in [1.54, 1.807) is 17.7 Å². The fraction of sp³-hybridized carbons (Fsp3) is 0.714. The molecule has 0 spiro atoms. The fourth-order valence-corrected chi connectivity index (χ4v) is 7.52. The summed E-state index contributed by atoms with van der Waals surface area (Å²) in [5.74, 6) is 0.585. The number of thiophene rings is 1. The van der Waals surface area contributed by atoms with Gasteiger partial charge in [0.25, 0.3) is 0 Å².